The second-order valence-electron chi connectivity index (χ2n) is 6.53. The molecular weight excluding hydrogens is 352 g/mol. The van der Waals surface area contributed by atoms with Gasteiger partial charge in [0.05, 0.1) is 7.11 Å². The highest BCUT2D eigenvalue weighted by atomic mass is 16.5. The van der Waals surface area contributed by atoms with Crippen LogP contribution in [0.1, 0.15) is 27.4 Å². The molecule has 1 amide bonds. The lowest BCUT2D eigenvalue weighted by Crippen LogP contribution is -2.27. The smallest absolute Gasteiger partial charge is 0.270 e. The van der Waals surface area contributed by atoms with Gasteiger partial charge in [-0.1, -0.05) is 24.3 Å². The zero-order valence-corrected chi connectivity index (χ0v) is 16.3. The number of carbonyl (C=O) groups is 1. The Balaban J connectivity index is 1.61. The summed E-state index contributed by atoms with van der Waals surface area (Å²) in [4.78, 5) is 21.1. The number of rotatable bonds is 7. The lowest BCUT2D eigenvalue weighted by Gasteiger charge is -2.10. The molecule has 0 radical (unpaired) electrons. The van der Waals surface area contributed by atoms with Gasteiger partial charge in [-0.3, -0.25) is 4.79 Å². The first kappa shape index (κ1) is 19.4. The molecule has 0 aliphatic heterocycles. The van der Waals surface area contributed by atoms with Crippen LogP contribution < -0.4 is 15.4 Å². The normalized spacial score (nSPS) is 10.4. The van der Waals surface area contributed by atoms with Gasteiger partial charge in [0.15, 0.2) is 0 Å². The molecule has 0 aliphatic rings. The number of hydrogen-bond acceptors (Lipinski definition) is 5. The van der Waals surface area contributed by atoms with Crippen molar-refractivity contribution < 1.29 is 9.53 Å². The van der Waals surface area contributed by atoms with Crippen LogP contribution in [0.5, 0.6) is 5.75 Å². The molecule has 6 nitrogen and oxygen atoms in total. The third-order valence-electron chi connectivity index (χ3n) is 4.22. The quantitative estimate of drug-likeness (QED) is 0.656. The molecule has 2 aromatic carbocycles. The number of nitrogens with zero attached hydrogens (tertiary/aromatic N) is 2. The standard InChI is InChI=1S/C22H24N4O2/c1-15-5-4-6-18(13-15)26-21-14-20(24-16(2)25-21)22(27)23-12-11-17-7-9-19(28-3)10-8-17/h4-10,13-14H,11-12H2,1-3H3,(H,23,27)(H,24,25,26). The summed E-state index contributed by atoms with van der Waals surface area (Å²) in [7, 11) is 1.64. The summed E-state index contributed by atoms with van der Waals surface area (Å²) in [5.74, 6) is 1.74. The van der Waals surface area contributed by atoms with Gasteiger partial charge >= 0.3 is 0 Å². The van der Waals surface area contributed by atoms with Crippen molar-refractivity contribution in [2.75, 3.05) is 19.0 Å². The first-order chi connectivity index (χ1) is 13.5. The minimum absolute atomic E-state index is 0.216. The van der Waals surface area contributed by atoms with Crippen LogP contribution in [-0.2, 0) is 6.42 Å². The Morgan fingerprint density at radius 1 is 1.04 bits per heavy atom. The largest absolute Gasteiger partial charge is 0.497 e. The monoisotopic (exact) mass is 376 g/mol. The van der Waals surface area contributed by atoms with E-state index in [4.69, 9.17) is 4.74 Å². The average Bonchev–Trinajstić information content (AvgIpc) is 2.68. The summed E-state index contributed by atoms with van der Waals surface area (Å²) in [6, 6.07) is 17.4. The predicted molar refractivity (Wildman–Crippen MR) is 110 cm³/mol. The van der Waals surface area contributed by atoms with E-state index in [1.807, 2.05) is 55.5 Å². The first-order valence-electron chi connectivity index (χ1n) is 9.14. The molecule has 0 spiro atoms. The molecule has 0 aliphatic carbocycles. The molecule has 28 heavy (non-hydrogen) atoms. The predicted octanol–water partition coefficient (Wildman–Crippen LogP) is 3.82. The average molecular weight is 376 g/mol. The maximum atomic E-state index is 12.5. The van der Waals surface area contributed by atoms with Gasteiger partial charge in [0.2, 0.25) is 0 Å². The van der Waals surface area contributed by atoms with E-state index in [9.17, 15) is 4.79 Å². The first-order valence-corrected chi connectivity index (χ1v) is 9.14. The van der Waals surface area contributed by atoms with Gasteiger partial charge < -0.3 is 15.4 Å². The Hall–Kier alpha value is -3.41. The van der Waals surface area contributed by atoms with Gasteiger partial charge in [0, 0.05) is 18.3 Å². The van der Waals surface area contributed by atoms with E-state index in [0.29, 0.717) is 23.9 Å². The van der Waals surface area contributed by atoms with Gasteiger partial charge in [-0.15, -0.1) is 0 Å². The Kier molecular flexibility index (Phi) is 6.22. The number of benzene rings is 2. The van der Waals surface area contributed by atoms with Crippen molar-refractivity contribution in [3.05, 3.63) is 77.2 Å². The van der Waals surface area contributed by atoms with Crippen LogP contribution in [0.3, 0.4) is 0 Å². The van der Waals surface area contributed by atoms with E-state index in [0.717, 1.165) is 29.0 Å². The molecule has 0 bridgehead atoms. The molecule has 3 aromatic rings. The van der Waals surface area contributed by atoms with Crippen LogP contribution in [0.2, 0.25) is 0 Å². The number of anilines is 2. The number of hydrogen-bond donors (Lipinski definition) is 2. The van der Waals surface area contributed by atoms with Crippen LogP contribution in [-0.4, -0.2) is 29.5 Å². The highest BCUT2D eigenvalue weighted by Crippen LogP contribution is 2.17. The van der Waals surface area contributed by atoms with Crippen molar-refractivity contribution in [1.82, 2.24) is 15.3 Å². The van der Waals surface area contributed by atoms with Gasteiger partial charge in [0.1, 0.15) is 23.1 Å². The van der Waals surface area contributed by atoms with E-state index < -0.39 is 0 Å². The summed E-state index contributed by atoms with van der Waals surface area (Å²) in [5.41, 5.74) is 3.54. The van der Waals surface area contributed by atoms with Crippen molar-refractivity contribution >= 4 is 17.4 Å². The van der Waals surface area contributed by atoms with Crippen LogP contribution in [0, 0.1) is 13.8 Å². The molecular formula is C22H24N4O2. The SMILES string of the molecule is COc1ccc(CCNC(=O)c2cc(Nc3cccc(C)c3)nc(C)n2)cc1. The van der Waals surface area contributed by atoms with Crippen molar-refractivity contribution in [2.45, 2.75) is 20.3 Å². The minimum atomic E-state index is -0.216. The maximum absolute atomic E-state index is 12.5. The van der Waals surface area contributed by atoms with Crippen LogP contribution >= 0.6 is 0 Å². The molecule has 0 unspecified atom stereocenters. The molecule has 0 atom stereocenters. The second kappa shape index (κ2) is 8.99. The highest BCUT2D eigenvalue weighted by Gasteiger charge is 2.10. The molecule has 144 valence electrons. The molecule has 0 fully saturated rings. The van der Waals surface area contributed by atoms with Gasteiger partial charge in [-0.05, 0) is 55.7 Å². The summed E-state index contributed by atoms with van der Waals surface area (Å²) < 4.78 is 5.15. The van der Waals surface area contributed by atoms with Crippen molar-refractivity contribution in [3.8, 4) is 5.75 Å². The van der Waals surface area contributed by atoms with Crippen molar-refractivity contribution in [3.63, 3.8) is 0 Å². The van der Waals surface area contributed by atoms with Crippen molar-refractivity contribution in [1.29, 1.82) is 0 Å². The van der Waals surface area contributed by atoms with E-state index in [1.54, 1.807) is 20.1 Å². The fraction of sp³-hybridized carbons (Fsp3) is 0.227. The molecule has 3 rings (SSSR count). The van der Waals surface area contributed by atoms with Crippen LogP contribution in [0.4, 0.5) is 11.5 Å². The zero-order valence-electron chi connectivity index (χ0n) is 16.3. The Morgan fingerprint density at radius 3 is 2.54 bits per heavy atom. The minimum Gasteiger partial charge on any atom is -0.497 e. The summed E-state index contributed by atoms with van der Waals surface area (Å²) in [6.07, 6.45) is 0.730. The highest BCUT2D eigenvalue weighted by molar-refractivity contribution is 5.93. The third kappa shape index (κ3) is 5.30. The molecule has 2 N–H and O–H groups in total. The van der Waals surface area contributed by atoms with E-state index >= 15 is 0 Å². The summed E-state index contributed by atoms with van der Waals surface area (Å²) >= 11 is 0. The molecule has 1 heterocycles. The van der Waals surface area contributed by atoms with E-state index in [1.165, 1.54) is 0 Å². The van der Waals surface area contributed by atoms with E-state index in [2.05, 4.69) is 20.6 Å². The van der Waals surface area contributed by atoms with E-state index in [-0.39, 0.29) is 5.91 Å². The van der Waals surface area contributed by atoms with Gasteiger partial charge in [-0.2, -0.15) is 0 Å². The third-order valence-corrected chi connectivity index (χ3v) is 4.22. The Morgan fingerprint density at radius 2 is 1.82 bits per heavy atom. The molecule has 1 aromatic heterocycles. The topological polar surface area (TPSA) is 76.1 Å². The fourth-order valence-electron chi connectivity index (χ4n) is 2.82. The Labute approximate surface area is 165 Å². The summed E-state index contributed by atoms with van der Waals surface area (Å²) in [5, 5.41) is 6.15. The number of aryl methyl sites for hydroxylation is 2. The number of amides is 1. The summed E-state index contributed by atoms with van der Waals surface area (Å²) in [6.45, 7) is 4.32. The lowest BCUT2D eigenvalue weighted by atomic mass is 10.1. The zero-order chi connectivity index (χ0) is 19.9. The fourth-order valence-corrected chi connectivity index (χ4v) is 2.82. The number of carbonyl (C=O) groups excluding carboxylic acids is 1. The number of ether oxygens (including phenoxy) is 1. The number of nitrogens with one attached hydrogen (secondary N) is 2. The maximum Gasteiger partial charge on any atom is 0.270 e. The number of aromatic nitrogens is 2. The second-order valence-corrected chi connectivity index (χ2v) is 6.53. The molecule has 0 saturated carbocycles. The Bertz CT molecular complexity index is 955. The van der Waals surface area contributed by atoms with Crippen LogP contribution in [0.15, 0.2) is 54.6 Å². The van der Waals surface area contributed by atoms with Crippen LogP contribution in [0.25, 0.3) is 0 Å². The lowest BCUT2D eigenvalue weighted by molar-refractivity contribution is 0.0949. The number of methoxy groups -OCH3 is 1. The van der Waals surface area contributed by atoms with Crippen molar-refractivity contribution in [2.24, 2.45) is 0 Å². The molecule has 0 saturated heterocycles. The van der Waals surface area contributed by atoms with Gasteiger partial charge in [-0.25, -0.2) is 9.97 Å². The molecule has 6 heteroatoms. The van der Waals surface area contributed by atoms with Gasteiger partial charge in [0.25, 0.3) is 5.91 Å².